The molecule has 0 spiro atoms. The number of methoxy groups -OCH3 is 1. The molecule has 0 saturated carbocycles. The van der Waals surface area contributed by atoms with Crippen molar-refractivity contribution in [2.24, 2.45) is 5.41 Å². The van der Waals surface area contributed by atoms with Gasteiger partial charge in [0.15, 0.2) is 0 Å². The number of rotatable bonds is 14. The number of benzene rings is 1. The van der Waals surface area contributed by atoms with Gasteiger partial charge in [0, 0.05) is 13.7 Å². The van der Waals surface area contributed by atoms with Crippen LogP contribution in [0.3, 0.4) is 0 Å². The van der Waals surface area contributed by atoms with E-state index in [2.05, 4.69) is 13.8 Å². The lowest BCUT2D eigenvalue weighted by Crippen LogP contribution is -2.25. The van der Waals surface area contributed by atoms with E-state index in [1.165, 1.54) is 0 Å². The van der Waals surface area contributed by atoms with Crippen molar-refractivity contribution in [1.29, 1.82) is 0 Å². The molecule has 4 atom stereocenters. The minimum Gasteiger partial charge on any atom is -0.396 e. The summed E-state index contributed by atoms with van der Waals surface area (Å²) in [6.45, 7) is 8.34. The molecule has 6 nitrogen and oxygen atoms in total. The molecule has 2 aliphatic carbocycles. The summed E-state index contributed by atoms with van der Waals surface area (Å²) in [5.74, 6) is 0. The van der Waals surface area contributed by atoms with Gasteiger partial charge in [0.1, 0.15) is 12.2 Å². The molecule has 6 heteroatoms. The van der Waals surface area contributed by atoms with E-state index in [0.29, 0.717) is 24.0 Å². The Balaban J connectivity index is 1.75. The third-order valence-corrected chi connectivity index (χ3v) is 8.35. The van der Waals surface area contributed by atoms with E-state index < -0.39 is 24.4 Å². The topological polar surface area (TPSA) is 110 Å². The Morgan fingerprint density at radius 3 is 1.55 bits per heavy atom. The molecular formula is C34H50O6. The summed E-state index contributed by atoms with van der Waals surface area (Å²) in [5.41, 5.74) is 3.95. The van der Waals surface area contributed by atoms with Gasteiger partial charge in [-0.3, -0.25) is 0 Å². The van der Waals surface area contributed by atoms with Gasteiger partial charge in [-0.1, -0.05) is 63.1 Å². The fourth-order valence-corrected chi connectivity index (χ4v) is 5.56. The predicted octanol–water partition coefficient (Wildman–Crippen LogP) is 5.34. The molecule has 4 unspecified atom stereocenters. The van der Waals surface area contributed by atoms with Crippen LogP contribution in [0.4, 0.5) is 0 Å². The fourth-order valence-electron chi connectivity index (χ4n) is 5.56. The molecule has 1 aromatic carbocycles. The number of aliphatic hydroxyl groups is 5. The standard InChI is InChI=1S/C34H50O6/c1-33(2,22-35)16-10-8-12-23-18-25(36)20-29(31(23)38)27-14-6-7-15-28(27)30-21-26(37)19-24(32(30)39)13-9-11-17-34(3,4)40-5/h6-7,14-15,18-21,25-26,31-32,35-39H,8-13,16-17,22H2,1-5H3. The highest BCUT2D eigenvalue weighted by Gasteiger charge is 2.29. The fraction of sp³-hybridized carbons (Fsp3) is 0.588. The first-order valence-electron chi connectivity index (χ1n) is 14.7. The Labute approximate surface area is 240 Å². The van der Waals surface area contributed by atoms with E-state index in [1.807, 2.05) is 38.1 Å². The van der Waals surface area contributed by atoms with Crippen LogP contribution in [0.25, 0.3) is 11.1 Å². The minimum absolute atomic E-state index is 0.129. The zero-order valence-corrected chi connectivity index (χ0v) is 24.9. The minimum atomic E-state index is -0.874. The van der Waals surface area contributed by atoms with Gasteiger partial charge in [0.2, 0.25) is 0 Å². The first-order chi connectivity index (χ1) is 18.9. The summed E-state index contributed by atoms with van der Waals surface area (Å²) in [6.07, 6.45) is 10.1. The van der Waals surface area contributed by atoms with Crippen molar-refractivity contribution in [1.82, 2.24) is 0 Å². The van der Waals surface area contributed by atoms with E-state index in [0.717, 1.165) is 60.8 Å². The summed E-state index contributed by atoms with van der Waals surface area (Å²) in [6, 6.07) is 7.56. The van der Waals surface area contributed by atoms with Crippen LogP contribution in [0.2, 0.25) is 0 Å². The van der Waals surface area contributed by atoms with Crippen molar-refractivity contribution in [3.63, 3.8) is 0 Å². The van der Waals surface area contributed by atoms with Crippen LogP contribution < -0.4 is 0 Å². The van der Waals surface area contributed by atoms with Crippen molar-refractivity contribution >= 4 is 11.1 Å². The van der Waals surface area contributed by atoms with E-state index in [-0.39, 0.29) is 17.6 Å². The van der Waals surface area contributed by atoms with Crippen LogP contribution in [-0.4, -0.2) is 69.3 Å². The van der Waals surface area contributed by atoms with E-state index in [1.54, 1.807) is 31.4 Å². The van der Waals surface area contributed by atoms with E-state index in [4.69, 9.17) is 4.74 Å². The number of aliphatic hydroxyl groups excluding tert-OH is 5. The largest absolute Gasteiger partial charge is 0.396 e. The SMILES string of the molecule is COC(C)(C)CCCCC1=CC(O)C=C(c2ccccc2C2=CC(O)C=C(CCCCC(C)(C)CO)C2O)C1O. The van der Waals surface area contributed by atoms with Gasteiger partial charge in [0.25, 0.3) is 0 Å². The molecule has 0 heterocycles. The molecule has 222 valence electrons. The number of unbranched alkanes of at least 4 members (excludes halogenated alkanes) is 2. The average Bonchev–Trinajstić information content (AvgIpc) is 2.92. The van der Waals surface area contributed by atoms with E-state index >= 15 is 0 Å². The van der Waals surface area contributed by atoms with Gasteiger partial charge >= 0.3 is 0 Å². The second-order valence-electron chi connectivity index (χ2n) is 12.8. The second-order valence-corrected chi connectivity index (χ2v) is 12.8. The molecule has 0 saturated heterocycles. The average molecular weight is 555 g/mol. The van der Waals surface area contributed by atoms with Gasteiger partial charge in [-0.25, -0.2) is 0 Å². The van der Waals surface area contributed by atoms with Crippen molar-refractivity contribution in [3.8, 4) is 0 Å². The summed E-state index contributed by atoms with van der Waals surface area (Å²) < 4.78 is 5.51. The monoisotopic (exact) mass is 554 g/mol. The molecule has 0 fully saturated rings. The lowest BCUT2D eigenvalue weighted by Gasteiger charge is -2.30. The third kappa shape index (κ3) is 8.72. The summed E-state index contributed by atoms with van der Waals surface area (Å²) in [5, 5.41) is 53.6. The van der Waals surface area contributed by atoms with Gasteiger partial charge in [-0.2, -0.15) is 0 Å². The van der Waals surface area contributed by atoms with Gasteiger partial charge in [0.05, 0.1) is 17.8 Å². The maximum atomic E-state index is 11.4. The highest BCUT2D eigenvalue weighted by Crippen LogP contribution is 2.38. The van der Waals surface area contributed by atoms with Crippen molar-refractivity contribution in [2.75, 3.05) is 13.7 Å². The lowest BCUT2D eigenvalue weighted by molar-refractivity contribution is 0.0135. The summed E-state index contributed by atoms with van der Waals surface area (Å²) in [7, 11) is 1.72. The molecule has 1 aromatic rings. The molecule has 2 aliphatic rings. The lowest BCUT2D eigenvalue weighted by atomic mass is 9.80. The quantitative estimate of drug-likeness (QED) is 0.157. The van der Waals surface area contributed by atoms with Crippen LogP contribution in [0.1, 0.15) is 90.2 Å². The van der Waals surface area contributed by atoms with Crippen LogP contribution in [0.15, 0.2) is 59.7 Å². The molecule has 0 bridgehead atoms. The molecule has 5 N–H and O–H groups in total. The Bertz CT molecular complexity index is 1020. The summed E-state index contributed by atoms with van der Waals surface area (Å²) in [4.78, 5) is 0. The molecule has 3 rings (SSSR count). The van der Waals surface area contributed by atoms with Gasteiger partial charge < -0.3 is 30.3 Å². The van der Waals surface area contributed by atoms with Crippen LogP contribution in [0.5, 0.6) is 0 Å². The Kier molecular flexibility index (Phi) is 11.5. The zero-order valence-electron chi connectivity index (χ0n) is 24.9. The van der Waals surface area contributed by atoms with Crippen LogP contribution >= 0.6 is 0 Å². The maximum Gasteiger partial charge on any atom is 0.101 e. The van der Waals surface area contributed by atoms with Crippen molar-refractivity contribution in [2.45, 2.75) is 109 Å². The Morgan fingerprint density at radius 2 is 1.12 bits per heavy atom. The molecule has 0 amide bonds. The Hall–Kier alpha value is -2.06. The zero-order chi connectivity index (χ0) is 29.5. The third-order valence-electron chi connectivity index (χ3n) is 8.35. The molecular weight excluding hydrogens is 504 g/mol. The normalized spacial score (nSPS) is 23.9. The summed E-state index contributed by atoms with van der Waals surface area (Å²) >= 11 is 0. The highest BCUT2D eigenvalue weighted by molar-refractivity contribution is 5.86. The molecule has 0 aromatic heterocycles. The van der Waals surface area contributed by atoms with Gasteiger partial charge in [-0.05, 0) is 103 Å². The number of hydrogen-bond donors (Lipinski definition) is 5. The molecule has 40 heavy (non-hydrogen) atoms. The van der Waals surface area contributed by atoms with Gasteiger partial charge in [-0.15, -0.1) is 0 Å². The number of hydrogen-bond acceptors (Lipinski definition) is 6. The maximum absolute atomic E-state index is 11.4. The first kappa shape index (κ1) is 32.5. The molecule has 0 radical (unpaired) electrons. The highest BCUT2D eigenvalue weighted by atomic mass is 16.5. The van der Waals surface area contributed by atoms with E-state index in [9.17, 15) is 25.5 Å². The van der Waals surface area contributed by atoms with Crippen LogP contribution in [0, 0.1) is 5.41 Å². The number of ether oxygens (including phenoxy) is 1. The first-order valence-corrected chi connectivity index (χ1v) is 14.7. The second kappa shape index (κ2) is 14.2. The molecule has 0 aliphatic heterocycles. The Morgan fingerprint density at radius 1 is 0.675 bits per heavy atom. The van der Waals surface area contributed by atoms with Crippen LogP contribution in [-0.2, 0) is 4.74 Å². The van der Waals surface area contributed by atoms with Crippen molar-refractivity contribution in [3.05, 3.63) is 70.8 Å². The van der Waals surface area contributed by atoms with Crippen molar-refractivity contribution < 1.29 is 30.3 Å². The predicted molar refractivity (Wildman–Crippen MR) is 161 cm³/mol. The smallest absolute Gasteiger partial charge is 0.101 e.